The predicted molar refractivity (Wildman–Crippen MR) is 473 cm³/mol. The molecule has 0 amide bonds. The number of phosphoric ester groups is 2. The van der Waals surface area contributed by atoms with Crippen molar-refractivity contribution in [2.45, 2.75) is 424 Å². The summed E-state index contributed by atoms with van der Waals surface area (Å²) in [7, 11) is -9.78. The Balaban J connectivity index is 4.30. The van der Waals surface area contributed by atoms with Crippen LogP contribution >= 0.6 is 15.6 Å². The van der Waals surface area contributed by atoms with Gasteiger partial charge in [0, 0.05) is 19.3 Å². The lowest BCUT2D eigenvalue weighted by Crippen LogP contribution is -2.30. The smallest absolute Gasteiger partial charge is 0.463 e. The first-order valence-electron chi connectivity index (χ1n) is 45.8. The van der Waals surface area contributed by atoms with Gasteiger partial charge in [-0.25, -0.2) is 9.13 Å². The van der Waals surface area contributed by atoms with Crippen molar-refractivity contribution < 1.29 is 75.8 Å². The average molecular weight is 1630 g/mol. The number of phosphoric acid groups is 2. The van der Waals surface area contributed by atoms with E-state index in [4.69, 9.17) is 32.3 Å². The molecule has 0 aliphatic rings. The second kappa shape index (κ2) is 87.3. The minimum absolute atomic E-state index is 0.109. The summed E-state index contributed by atoms with van der Waals surface area (Å²) in [6.45, 7) is 2.51. The molecule has 0 aliphatic heterocycles. The molecule has 0 bridgehead atoms. The fourth-order valence-electron chi connectivity index (χ4n) is 12.8. The molecule has 0 aliphatic carbocycles. The van der Waals surface area contributed by atoms with E-state index in [0.29, 0.717) is 19.3 Å². The van der Waals surface area contributed by atoms with Gasteiger partial charge < -0.3 is 34.2 Å². The molecular formula is C95H168O16P2. The van der Waals surface area contributed by atoms with Crippen molar-refractivity contribution in [3.63, 3.8) is 0 Å². The Labute approximate surface area is 691 Å². The van der Waals surface area contributed by atoms with Crippen LogP contribution in [0.25, 0.3) is 0 Å². The van der Waals surface area contributed by atoms with Gasteiger partial charge in [-0.15, -0.1) is 0 Å². The summed E-state index contributed by atoms with van der Waals surface area (Å²) >= 11 is 0. The van der Waals surface area contributed by atoms with Crippen molar-refractivity contribution in [3.05, 3.63) is 122 Å². The predicted octanol–water partition coefficient (Wildman–Crippen LogP) is 28.0. The SMILES string of the molecule is CC/C=C\C/C=C\C/C=C\C/C=C\C/C=C\CCCCCCCCCCCCCCCCCCCCCC(=O)OCC(O)COP(=O)(O)OCC(O)COP(=O)(O)OCC(COC(=O)CCCCCCCCCCCCCCCCC/C=C\C/C=C\C/C=C\C/C=C\C/C=C\CC)OC(=O)CCCCCCCCCCCCC. The van der Waals surface area contributed by atoms with Crippen LogP contribution in [0.5, 0.6) is 0 Å². The van der Waals surface area contributed by atoms with Crippen LogP contribution in [0.3, 0.4) is 0 Å². The van der Waals surface area contributed by atoms with Crippen LogP contribution in [0, 0.1) is 0 Å². The van der Waals surface area contributed by atoms with Crippen LogP contribution < -0.4 is 0 Å². The van der Waals surface area contributed by atoms with Gasteiger partial charge in [-0.05, 0) is 109 Å². The topological polar surface area (TPSA) is 231 Å². The number of rotatable bonds is 87. The number of allylic oxidation sites excluding steroid dienone is 20. The Kier molecular flexibility index (Phi) is 84.1. The summed E-state index contributed by atoms with van der Waals surface area (Å²) in [4.78, 5) is 58.8. The lowest BCUT2D eigenvalue weighted by Gasteiger charge is -2.21. The van der Waals surface area contributed by atoms with E-state index in [1.165, 1.54) is 218 Å². The maximum absolute atomic E-state index is 13.0. The molecular weight excluding hydrogens is 1460 g/mol. The molecule has 18 heteroatoms. The van der Waals surface area contributed by atoms with Gasteiger partial charge in [0.1, 0.15) is 25.4 Å². The number of unbranched alkanes of at least 4 members (excludes halogenated alkanes) is 44. The molecule has 4 N–H and O–H groups in total. The highest BCUT2D eigenvalue weighted by molar-refractivity contribution is 7.47. The third kappa shape index (κ3) is 88.6. The summed E-state index contributed by atoms with van der Waals surface area (Å²) in [5, 5.41) is 20.7. The molecule has 0 saturated heterocycles. The number of hydrogen-bond acceptors (Lipinski definition) is 14. The number of carbonyl (C=O) groups is 3. The van der Waals surface area contributed by atoms with Crippen molar-refractivity contribution in [1.29, 1.82) is 0 Å². The van der Waals surface area contributed by atoms with Crippen molar-refractivity contribution >= 4 is 33.6 Å². The zero-order valence-corrected chi connectivity index (χ0v) is 73.8. The monoisotopic (exact) mass is 1630 g/mol. The van der Waals surface area contributed by atoms with E-state index in [9.17, 15) is 43.5 Å². The van der Waals surface area contributed by atoms with Gasteiger partial charge >= 0.3 is 33.6 Å². The Morgan fingerprint density at radius 1 is 0.257 bits per heavy atom. The Morgan fingerprint density at radius 3 is 0.743 bits per heavy atom. The van der Waals surface area contributed by atoms with E-state index in [0.717, 1.165) is 128 Å². The summed E-state index contributed by atoms with van der Waals surface area (Å²) in [5.74, 6) is -1.55. The highest BCUT2D eigenvalue weighted by atomic mass is 31.2. The molecule has 0 aromatic carbocycles. The first kappa shape index (κ1) is 109. The Bertz CT molecular complexity index is 2540. The van der Waals surface area contributed by atoms with Crippen LogP contribution in [-0.2, 0) is 55.8 Å². The second-order valence-electron chi connectivity index (χ2n) is 30.7. The molecule has 5 atom stereocenters. The van der Waals surface area contributed by atoms with Crippen molar-refractivity contribution in [2.75, 3.05) is 39.6 Å². The minimum Gasteiger partial charge on any atom is -0.463 e. The lowest BCUT2D eigenvalue weighted by molar-refractivity contribution is -0.161. The van der Waals surface area contributed by atoms with Gasteiger partial charge in [-0.1, -0.05) is 399 Å². The first-order chi connectivity index (χ1) is 55.2. The van der Waals surface area contributed by atoms with Gasteiger partial charge in [0.15, 0.2) is 6.10 Å². The number of aliphatic hydroxyl groups is 2. The summed E-state index contributed by atoms with van der Waals surface area (Å²) in [6, 6.07) is 0. The fourth-order valence-corrected chi connectivity index (χ4v) is 14.4. The molecule has 0 rings (SSSR count). The van der Waals surface area contributed by atoms with Gasteiger partial charge in [0.25, 0.3) is 0 Å². The fraction of sp³-hybridized carbons (Fsp3) is 0.758. The molecule has 0 fully saturated rings. The molecule has 0 radical (unpaired) electrons. The minimum atomic E-state index is -4.93. The number of aliphatic hydroxyl groups excluding tert-OH is 2. The van der Waals surface area contributed by atoms with E-state index in [1.54, 1.807) is 0 Å². The van der Waals surface area contributed by atoms with E-state index in [2.05, 4.69) is 142 Å². The summed E-state index contributed by atoms with van der Waals surface area (Å²) in [5.41, 5.74) is 0. The normalized spacial score (nSPS) is 14.4. The molecule has 654 valence electrons. The average Bonchev–Trinajstić information content (AvgIpc) is 0.901. The van der Waals surface area contributed by atoms with Crippen LogP contribution in [0.1, 0.15) is 406 Å². The second-order valence-corrected chi connectivity index (χ2v) is 33.6. The highest BCUT2D eigenvalue weighted by Crippen LogP contribution is 2.45. The van der Waals surface area contributed by atoms with Crippen LogP contribution in [0.4, 0.5) is 0 Å². The molecule has 0 heterocycles. The van der Waals surface area contributed by atoms with Crippen molar-refractivity contribution in [3.8, 4) is 0 Å². The van der Waals surface area contributed by atoms with Crippen molar-refractivity contribution in [1.82, 2.24) is 0 Å². The summed E-state index contributed by atoms with van der Waals surface area (Å²) < 4.78 is 61.3. The standard InChI is InChI=1S/C95H168O16P2/c1-4-7-10-13-16-19-22-24-26-28-30-32-34-36-38-40-42-43-44-45-47-49-50-52-54-56-58-60-62-64-67-69-72-75-78-81-93(98)105-84-90(96)85-107-112(101,102)108-86-91(97)87-109-113(103,104)110-89-92(111-95(100)83-80-77-74-71-66-21-18-15-12-9-6-3)88-106-94(99)82-79-76-73-70-68-65-63-61-59-57-55-53-51-48-46-41-39-37-35-33-31-29-27-25-23-20-17-14-11-8-5-2/h7-8,10-11,16-17,19-20,24-27,30-33,36-39,90-92,96-97H,4-6,9,12-15,18,21-23,28-29,34-35,40-89H2,1-3H3,(H,101,102)(H,103,104)/b10-7-,11-8-,19-16-,20-17-,26-24-,27-25-,32-30-,33-31-,38-36-,39-37-. The molecule has 16 nitrogen and oxygen atoms in total. The zero-order valence-electron chi connectivity index (χ0n) is 72.0. The molecule has 0 aromatic heterocycles. The van der Waals surface area contributed by atoms with Crippen LogP contribution in [0.15, 0.2) is 122 Å². The maximum atomic E-state index is 13.0. The molecule has 0 spiro atoms. The van der Waals surface area contributed by atoms with E-state index >= 15 is 0 Å². The van der Waals surface area contributed by atoms with Gasteiger partial charge in [0.2, 0.25) is 0 Å². The Morgan fingerprint density at radius 2 is 0.469 bits per heavy atom. The van der Waals surface area contributed by atoms with E-state index in [-0.39, 0.29) is 19.3 Å². The lowest BCUT2D eigenvalue weighted by atomic mass is 10.0. The van der Waals surface area contributed by atoms with Crippen LogP contribution in [-0.4, -0.2) is 95.9 Å². The van der Waals surface area contributed by atoms with E-state index in [1.807, 2.05) is 0 Å². The number of carbonyl (C=O) groups excluding carboxylic acids is 3. The number of ether oxygens (including phenoxy) is 3. The molecule has 0 saturated carbocycles. The zero-order chi connectivity index (χ0) is 82.2. The van der Waals surface area contributed by atoms with Gasteiger partial charge in [-0.3, -0.25) is 32.5 Å². The quantitative estimate of drug-likeness (QED) is 0.0146. The molecule has 113 heavy (non-hydrogen) atoms. The van der Waals surface area contributed by atoms with E-state index < -0.39 is 91.5 Å². The van der Waals surface area contributed by atoms with Crippen molar-refractivity contribution in [2.24, 2.45) is 0 Å². The highest BCUT2D eigenvalue weighted by Gasteiger charge is 2.29. The first-order valence-corrected chi connectivity index (χ1v) is 48.8. The molecule has 0 aromatic rings. The number of esters is 3. The van der Waals surface area contributed by atoms with Gasteiger partial charge in [-0.2, -0.15) is 0 Å². The van der Waals surface area contributed by atoms with Crippen LogP contribution in [0.2, 0.25) is 0 Å². The Hall–Kier alpha value is -4.05. The third-order valence-electron chi connectivity index (χ3n) is 19.7. The third-order valence-corrected chi connectivity index (χ3v) is 21.6. The maximum Gasteiger partial charge on any atom is 0.472 e. The largest absolute Gasteiger partial charge is 0.472 e. The number of hydrogen-bond donors (Lipinski definition) is 4. The molecule has 5 unspecified atom stereocenters. The summed E-state index contributed by atoms with van der Waals surface area (Å²) in [6.07, 6.45) is 107. The van der Waals surface area contributed by atoms with Gasteiger partial charge in [0.05, 0.1) is 26.4 Å².